The largest absolute Gasteiger partial charge is 0.481 e. The van der Waals surface area contributed by atoms with Crippen LogP contribution in [0.15, 0.2) is 29.2 Å². The SMILES string of the molecule is O=C(O)C1CC2CCC1N2S(=O)(=O)c1ccccc1C(F)(F)F. The zero-order chi connectivity index (χ0) is 17.0. The molecule has 0 saturated carbocycles. The van der Waals surface area contributed by atoms with Crippen molar-refractivity contribution < 1.29 is 31.5 Å². The van der Waals surface area contributed by atoms with Gasteiger partial charge in [0, 0.05) is 12.1 Å². The first kappa shape index (κ1) is 16.3. The highest BCUT2D eigenvalue weighted by molar-refractivity contribution is 7.89. The van der Waals surface area contributed by atoms with Gasteiger partial charge < -0.3 is 5.11 Å². The van der Waals surface area contributed by atoms with Gasteiger partial charge in [-0.2, -0.15) is 17.5 Å². The summed E-state index contributed by atoms with van der Waals surface area (Å²) < 4.78 is 65.8. The average Bonchev–Trinajstić information content (AvgIpc) is 3.04. The first-order chi connectivity index (χ1) is 10.6. The van der Waals surface area contributed by atoms with Gasteiger partial charge in [0.2, 0.25) is 10.0 Å². The molecule has 0 aliphatic carbocycles. The summed E-state index contributed by atoms with van der Waals surface area (Å²) in [7, 11) is -4.40. The Balaban J connectivity index is 2.06. The van der Waals surface area contributed by atoms with E-state index in [1.165, 1.54) is 6.07 Å². The van der Waals surface area contributed by atoms with Gasteiger partial charge >= 0.3 is 12.1 Å². The molecule has 3 rings (SSSR count). The molecular weight excluding hydrogens is 335 g/mol. The van der Waals surface area contributed by atoms with Gasteiger partial charge in [-0.05, 0) is 31.4 Å². The highest BCUT2D eigenvalue weighted by atomic mass is 32.2. The number of benzene rings is 1. The van der Waals surface area contributed by atoms with Gasteiger partial charge in [-0.15, -0.1) is 0 Å². The Hall–Kier alpha value is -1.61. The Morgan fingerprint density at radius 2 is 1.87 bits per heavy atom. The number of sulfonamides is 1. The van der Waals surface area contributed by atoms with Gasteiger partial charge in [0.1, 0.15) is 0 Å². The van der Waals surface area contributed by atoms with Crippen LogP contribution in [0.5, 0.6) is 0 Å². The first-order valence-electron chi connectivity index (χ1n) is 7.06. The summed E-state index contributed by atoms with van der Waals surface area (Å²) in [5.41, 5.74) is -1.22. The molecule has 0 amide bonds. The number of hydrogen-bond donors (Lipinski definition) is 1. The number of carboxylic acids is 1. The molecular formula is C14H14F3NO4S. The number of nitrogens with zero attached hydrogens (tertiary/aromatic N) is 1. The number of rotatable bonds is 3. The smallest absolute Gasteiger partial charge is 0.417 e. The number of carboxylic acid groups (broad SMARTS) is 1. The van der Waals surface area contributed by atoms with Crippen LogP contribution >= 0.6 is 0 Å². The molecule has 0 spiro atoms. The third kappa shape index (κ3) is 2.51. The van der Waals surface area contributed by atoms with E-state index in [9.17, 15) is 31.5 Å². The van der Waals surface area contributed by atoms with Gasteiger partial charge in [0.15, 0.2) is 0 Å². The summed E-state index contributed by atoms with van der Waals surface area (Å²) in [5, 5.41) is 9.17. The zero-order valence-corrected chi connectivity index (χ0v) is 12.6. The van der Waals surface area contributed by atoms with E-state index in [0.717, 1.165) is 22.5 Å². The predicted octanol–water partition coefficient (Wildman–Crippen LogP) is 2.33. The molecule has 5 nitrogen and oxygen atoms in total. The molecule has 2 saturated heterocycles. The second-order valence-electron chi connectivity index (χ2n) is 5.81. The van der Waals surface area contributed by atoms with Gasteiger partial charge in [-0.3, -0.25) is 4.79 Å². The average molecular weight is 349 g/mol. The van der Waals surface area contributed by atoms with Crippen LogP contribution in [0.2, 0.25) is 0 Å². The number of fused-ring (bicyclic) bond motifs is 2. The number of carbonyl (C=O) groups is 1. The van der Waals surface area contributed by atoms with Crippen molar-refractivity contribution in [3.8, 4) is 0 Å². The van der Waals surface area contributed by atoms with Crippen LogP contribution < -0.4 is 0 Å². The Morgan fingerprint density at radius 1 is 1.22 bits per heavy atom. The summed E-state index contributed by atoms with van der Waals surface area (Å²) >= 11 is 0. The summed E-state index contributed by atoms with van der Waals surface area (Å²) in [6.45, 7) is 0. The van der Waals surface area contributed by atoms with E-state index in [-0.39, 0.29) is 6.42 Å². The standard InChI is InChI=1S/C14H14F3NO4S/c15-14(16,17)10-3-1-2-4-12(10)23(21,22)18-8-5-6-11(18)9(7-8)13(19)20/h1-4,8-9,11H,5-7H2,(H,19,20). The van der Waals surface area contributed by atoms with E-state index in [2.05, 4.69) is 0 Å². The summed E-state index contributed by atoms with van der Waals surface area (Å²) in [6.07, 6.45) is -3.82. The molecule has 1 aromatic carbocycles. The fraction of sp³-hybridized carbons (Fsp3) is 0.500. The van der Waals surface area contributed by atoms with E-state index in [1.807, 2.05) is 0 Å². The molecule has 1 aromatic rings. The van der Waals surface area contributed by atoms with E-state index < -0.39 is 50.6 Å². The van der Waals surface area contributed by atoms with Crippen LogP contribution in [-0.2, 0) is 21.0 Å². The van der Waals surface area contributed by atoms with E-state index in [0.29, 0.717) is 12.8 Å². The topological polar surface area (TPSA) is 74.7 Å². The monoisotopic (exact) mass is 349 g/mol. The third-order valence-corrected chi connectivity index (χ3v) is 6.57. The zero-order valence-electron chi connectivity index (χ0n) is 11.8. The normalized spacial score (nSPS) is 28.2. The molecule has 9 heteroatoms. The Kier molecular flexibility index (Phi) is 3.68. The maximum Gasteiger partial charge on any atom is 0.417 e. The van der Waals surface area contributed by atoms with Crippen LogP contribution in [0.1, 0.15) is 24.8 Å². The van der Waals surface area contributed by atoms with E-state index in [4.69, 9.17) is 0 Å². The molecule has 2 aliphatic heterocycles. The molecule has 2 aliphatic rings. The molecule has 23 heavy (non-hydrogen) atoms. The lowest BCUT2D eigenvalue weighted by atomic mass is 9.89. The minimum absolute atomic E-state index is 0.146. The summed E-state index contributed by atoms with van der Waals surface area (Å²) in [6, 6.07) is 2.68. The fourth-order valence-electron chi connectivity index (χ4n) is 3.62. The third-order valence-electron chi connectivity index (χ3n) is 4.54. The quantitative estimate of drug-likeness (QED) is 0.909. The lowest BCUT2D eigenvalue weighted by Gasteiger charge is -2.24. The van der Waals surface area contributed by atoms with Gasteiger partial charge in [0.05, 0.1) is 16.4 Å². The number of halogens is 3. The van der Waals surface area contributed by atoms with Crippen molar-refractivity contribution in [2.45, 2.75) is 42.4 Å². The van der Waals surface area contributed by atoms with Crippen molar-refractivity contribution in [3.05, 3.63) is 29.8 Å². The lowest BCUT2D eigenvalue weighted by molar-refractivity contribution is -0.142. The molecule has 2 fully saturated rings. The Bertz CT molecular complexity index is 747. The molecule has 2 bridgehead atoms. The van der Waals surface area contributed by atoms with Crippen molar-refractivity contribution in [1.29, 1.82) is 0 Å². The molecule has 1 N–H and O–H groups in total. The first-order valence-corrected chi connectivity index (χ1v) is 8.50. The molecule has 0 radical (unpaired) electrons. The minimum Gasteiger partial charge on any atom is -0.481 e. The number of alkyl halides is 3. The van der Waals surface area contributed by atoms with Crippen LogP contribution in [0.3, 0.4) is 0 Å². The van der Waals surface area contributed by atoms with Crippen molar-refractivity contribution in [1.82, 2.24) is 4.31 Å². The Labute approximate surface area is 130 Å². The molecule has 0 aromatic heterocycles. The second kappa shape index (κ2) is 5.20. The van der Waals surface area contributed by atoms with Crippen LogP contribution in [0, 0.1) is 5.92 Å². The molecule has 126 valence electrons. The summed E-state index contributed by atoms with van der Waals surface area (Å²) in [4.78, 5) is 10.4. The maximum atomic E-state index is 13.1. The number of hydrogen-bond acceptors (Lipinski definition) is 3. The lowest BCUT2D eigenvalue weighted by Crippen LogP contribution is -2.38. The van der Waals surface area contributed by atoms with Gasteiger partial charge in [-0.1, -0.05) is 12.1 Å². The van der Waals surface area contributed by atoms with Gasteiger partial charge in [0.25, 0.3) is 0 Å². The van der Waals surface area contributed by atoms with Crippen molar-refractivity contribution in [2.75, 3.05) is 0 Å². The second-order valence-corrected chi connectivity index (χ2v) is 7.62. The molecule has 3 unspecified atom stereocenters. The van der Waals surface area contributed by atoms with Crippen LogP contribution in [0.4, 0.5) is 13.2 Å². The molecule has 2 heterocycles. The van der Waals surface area contributed by atoms with Crippen LogP contribution in [-0.4, -0.2) is 35.9 Å². The predicted molar refractivity (Wildman–Crippen MR) is 73.0 cm³/mol. The van der Waals surface area contributed by atoms with Crippen molar-refractivity contribution in [2.24, 2.45) is 5.92 Å². The molecule has 3 atom stereocenters. The minimum atomic E-state index is -4.80. The summed E-state index contributed by atoms with van der Waals surface area (Å²) in [5.74, 6) is -1.97. The fourth-order valence-corrected chi connectivity index (χ4v) is 5.75. The highest BCUT2D eigenvalue weighted by Gasteiger charge is 2.55. The number of aliphatic carboxylic acids is 1. The highest BCUT2D eigenvalue weighted by Crippen LogP contribution is 2.46. The van der Waals surface area contributed by atoms with E-state index >= 15 is 0 Å². The van der Waals surface area contributed by atoms with Gasteiger partial charge in [-0.25, -0.2) is 8.42 Å². The van der Waals surface area contributed by atoms with Crippen molar-refractivity contribution >= 4 is 16.0 Å². The van der Waals surface area contributed by atoms with E-state index in [1.54, 1.807) is 0 Å². The maximum absolute atomic E-state index is 13.1. The van der Waals surface area contributed by atoms with Crippen LogP contribution in [0.25, 0.3) is 0 Å². The van der Waals surface area contributed by atoms with Crippen molar-refractivity contribution in [3.63, 3.8) is 0 Å². The Morgan fingerprint density at radius 3 is 2.43 bits per heavy atom.